The quantitative estimate of drug-likeness (QED) is 0.704. The van der Waals surface area contributed by atoms with Gasteiger partial charge in [-0.3, -0.25) is 0 Å². The molecular weight excluding hydrogens is 338 g/mol. The zero-order chi connectivity index (χ0) is 13.8. The van der Waals surface area contributed by atoms with E-state index in [-0.39, 0.29) is 18.1 Å². The molecule has 19 heavy (non-hydrogen) atoms. The Balaban J connectivity index is 2.16. The van der Waals surface area contributed by atoms with E-state index in [4.69, 9.17) is 16.3 Å². The fourth-order valence-corrected chi connectivity index (χ4v) is 2.22. The fourth-order valence-electron chi connectivity index (χ4n) is 1.60. The SMILES string of the molecule is Fc1ccc(F)c(COc2ccc(Br)cc2CCl)c1. The molecule has 0 fully saturated rings. The number of alkyl halides is 1. The lowest BCUT2D eigenvalue weighted by Gasteiger charge is -2.11. The van der Waals surface area contributed by atoms with E-state index < -0.39 is 11.6 Å². The topological polar surface area (TPSA) is 9.23 Å². The smallest absolute Gasteiger partial charge is 0.130 e. The van der Waals surface area contributed by atoms with Crippen molar-refractivity contribution in [2.75, 3.05) is 0 Å². The van der Waals surface area contributed by atoms with Crippen LogP contribution in [-0.2, 0) is 12.5 Å². The van der Waals surface area contributed by atoms with Gasteiger partial charge in [-0.15, -0.1) is 11.6 Å². The van der Waals surface area contributed by atoms with Crippen molar-refractivity contribution in [2.45, 2.75) is 12.5 Å². The Kier molecular flexibility index (Phi) is 4.77. The molecule has 0 heterocycles. The lowest BCUT2D eigenvalue weighted by molar-refractivity contribution is 0.296. The Hall–Kier alpha value is -1.13. The van der Waals surface area contributed by atoms with Gasteiger partial charge in [0.1, 0.15) is 24.0 Å². The van der Waals surface area contributed by atoms with Crippen molar-refractivity contribution >= 4 is 27.5 Å². The Labute approximate surface area is 123 Å². The van der Waals surface area contributed by atoms with Crippen LogP contribution in [0.3, 0.4) is 0 Å². The highest BCUT2D eigenvalue weighted by Gasteiger charge is 2.07. The summed E-state index contributed by atoms with van der Waals surface area (Å²) in [5.41, 5.74) is 0.955. The first-order valence-electron chi connectivity index (χ1n) is 5.51. The van der Waals surface area contributed by atoms with Crippen LogP contribution in [0.1, 0.15) is 11.1 Å². The van der Waals surface area contributed by atoms with Crippen LogP contribution in [0.4, 0.5) is 8.78 Å². The van der Waals surface area contributed by atoms with Crippen molar-refractivity contribution in [3.05, 3.63) is 63.6 Å². The highest BCUT2D eigenvalue weighted by molar-refractivity contribution is 9.10. The van der Waals surface area contributed by atoms with E-state index >= 15 is 0 Å². The van der Waals surface area contributed by atoms with Crippen LogP contribution in [0.25, 0.3) is 0 Å². The zero-order valence-electron chi connectivity index (χ0n) is 9.80. The molecular formula is C14H10BrClF2O. The molecule has 0 bridgehead atoms. The Morgan fingerprint density at radius 2 is 1.84 bits per heavy atom. The van der Waals surface area contributed by atoms with Crippen LogP contribution in [0, 0.1) is 11.6 Å². The lowest BCUT2D eigenvalue weighted by atomic mass is 10.2. The normalized spacial score (nSPS) is 10.5. The summed E-state index contributed by atoms with van der Waals surface area (Å²) in [6.07, 6.45) is 0. The average Bonchev–Trinajstić information content (AvgIpc) is 2.40. The lowest BCUT2D eigenvalue weighted by Crippen LogP contribution is -2.01. The van der Waals surface area contributed by atoms with E-state index in [1.807, 2.05) is 6.07 Å². The minimum absolute atomic E-state index is 0.0465. The van der Waals surface area contributed by atoms with Crippen LogP contribution in [0.15, 0.2) is 40.9 Å². The first-order valence-corrected chi connectivity index (χ1v) is 6.84. The average molecular weight is 348 g/mol. The zero-order valence-corrected chi connectivity index (χ0v) is 12.1. The summed E-state index contributed by atoms with van der Waals surface area (Å²) in [6, 6.07) is 8.63. The minimum atomic E-state index is -0.495. The molecule has 0 N–H and O–H groups in total. The Morgan fingerprint density at radius 3 is 2.58 bits per heavy atom. The van der Waals surface area contributed by atoms with E-state index in [9.17, 15) is 8.78 Å². The first-order chi connectivity index (χ1) is 9.10. The van der Waals surface area contributed by atoms with E-state index in [2.05, 4.69) is 15.9 Å². The van der Waals surface area contributed by atoms with E-state index in [1.165, 1.54) is 0 Å². The highest BCUT2D eigenvalue weighted by atomic mass is 79.9. The van der Waals surface area contributed by atoms with Gasteiger partial charge in [0, 0.05) is 15.6 Å². The molecule has 0 spiro atoms. The van der Waals surface area contributed by atoms with E-state index in [0.29, 0.717) is 5.75 Å². The molecule has 0 amide bonds. The highest BCUT2D eigenvalue weighted by Crippen LogP contribution is 2.25. The van der Waals surface area contributed by atoms with Crippen molar-refractivity contribution in [3.8, 4) is 5.75 Å². The molecule has 0 saturated heterocycles. The molecule has 100 valence electrons. The van der Waals surface area contributed by atoms with Crippen LogP contribution in [0.5, 0.6) is 5.75 Å². The molecule has 2 aromatic carbocycles. The maximum absolute atomic E-state index is 13.4. The number of rotatable bonds is 4. The number of halogens is 4. The largest absolute Gasteiger partial charge is 0.488 e. The standard InChI is InChI=1S/C14H10BrClF2O/c15-11-1-4-14(9(5-11)7-16)19-8-10-6-12(17)2-3-13(10)18/h1-6H,7-8H2. The van der Waals surface area contributed by atoms with E-state index in [0.717, 1.165) is 28.2 Å². The number of hydrogen-bond donors (Lipinski definition) is 0. The second-order valence-electron chi connectivity index (χ2n) is 3.91. The van der Waals surface area contributed by atoms with Gasteiger partial charge in [-0.1, -0.05) is 15.9 Å². The maximum Gasteiger partial charge on any atom is 0.130 e. The molecule has 0 unspecified atom stereocenters. The summed E-state index contributed by atoms with van der Waals surface area (Å²) in [5, 5.41) is 0. The van der Waals surface area contributed by atoms with Crippen molar-refractivity contribution in [1.29, 1.82) is 0 Å². The molecule has 0 radical (unpaired) electrons. The minimum Gasteiger partial charge on any atom is -0.488 e. The summed E-state index contributed by atoms with van der Waals surface area (Å²) in [7, 11) is 0. The fraction of sp³-hybridized carbons (Fsp3) is 0.143. The number of hydrogen-bond acceptors (Lipinski definition) is 1. The summed E-state index contributed by atoms with van der Waals surface area (Å²) in [5.74, 6) is -0.151. The molecule has 1 nitrogen and oxygen atoms in total. The van der Waals surface area contributed by atoms with Crippen LogP contribution in [0.2, 0.25) is 0 Å². The molecule has 0 aliphatic carbocycles. The second kappa shape index (κ2) is 6.35. The third-order valence-electron chi connectivity index (χ3n) is 2.56. The molecule has 0 aromatic heterocycles. The predicted octanol–water partition coefficient (Wildman–Crippen LogP) is 5.05. The van der Waals surface area contributed by atoms with Gasteiger partial charge < -0.3 is 4.74 Å². The van der Waals surface area contributed by atoms with Gasteiger partial charge in [-0.2, -0.15) is 0 Å². The van der Waals surface area contributed by atoms with Gasteiger partial charge in [0.2, 0.25) is 0 Å². The Morgan fingerprint density at radius 1 is 1.05 bits per heavy atom. The molecule has 2 aromatic rings. The summed E-state index contributed by atoms with van der Waals surface area (Å²) in [6.45, 7) is -0.0465. The number of benzene rings is 2. The Bertz CT molecular complexity index is 590. The monoisotopic (exact) mass is 346 g/mol. The second-order valence-corrected chi connectivity index (χ2v) is 5.09. The van der Waals surface area contributed by atoms with Gasteiger partial charge in [0.05, 0.1) is 5.88 Å². The van der Waals surface area contributed by atoms with Crippen molar-refractivity contribution in [1.82, 2.24) is 0 Å². The molecule has 0 saturated carbocycles. The maximum atomic E-state index is 13.4. The first kappa shape index (κ1) is 14.3. The van der Waals surface area contributed by atoms with Gasteiger partial charge in [0.15, 0.2) is 0 Å². The van der Waals surface area contributed by atoms with Gasteiger partial charge in [0.25, 0.3) is 0 Å². The number of ether oxygens (including phenoxy) is 1. The van der Waals surface area contributed by atoms with E-state index in [1.54, 1.807) is 12.1 Å². The van der Waals surface area contributed by atoms with Crippen LogP contribution >= 0.6 is 27.5 Å². The third-order valence-corrected chi connectivity index (χ3v) is 3.34. The molecule has 5 heteroatoms. The van der Waals surface area contributed by atoms with Gasteiger partial charge >= 0.3 is 0 Å². The summed E-state index contributed by atoms with van der Waals surface area (Å²) in [4.78, 5) is 0. The van der Waals surface area contributed by atoms with Crippen LogP contribution in [-0.4, -0.2) is 0 Å². The van der Waals surface area contributed by atoms with Gasteiger partial charge in [-0.25, -0.2) is 8.78 Å². The van der Waals surface area contributed by atoms with Crippen LogP contribution < -0.4 is 4.74 Å². The summed E-state index contributed by atoms with van der Waals surface area (Å²) >= 11 is 9.14. The summed E-state index contributed by atoms with van der Waals surface area (Å²) < 4.78 is 32.8. The molecule has 0 atom stereocenters. The van der Waals surface area contributed by atoms with Crippen molar-refractivity contribution < 1.29 is 13.5 Å². The predicted molar refractivity (Wildman–Crippen MR) is 74.4 cm³/mol. The molecule has 0 aliphatic rings. The third kappa shape index (κ3) is 3.67. The van der Waals surface area contributed by atoms with Gasteiger partial charge in [-0.05, 0) is 36.4 Å². The van der Waals surface area contributed by atoms with Crippen molar-refractivity contribution in [3.63, 3.8) is 0 Å². The van der Waals surface area contributed by atoms with Crippen molar-refractivity contribution in [2.24, 2.45) is 0 Å². The molecule has 0 aliphatic heterocycles. The molecule has 2 rings (SSSR count).